The van der Waals surface area contributed by atoms with E-state index in [1.807, 2.05) is 20.8 Å². The number of hydrogen-bond donors (Lipinski definition) is 3. The number of carboxylic acid groups (broad SMARTS) is 1. The molecule has 1 aliphatic carbocycles. The molecule has 0 atom stereocenters. The number of aromatic carboxylic acids is 1. The molecule has 0 bridgehead atoms. The highest BCUT2D eigenvalue weighted by Gasteiger charge is 2.28. The molecule has 3 aromatic carbocycles. The fourth-order valence-electron chi connectivity index (χ4n) is 4.52. The predicted octanol–water partition coefficient (Wildman–Crippen LogP) is 6.86. The van der Waals surface area contributed by atoms with Crippen molar-refractivity contribution in [1.82, 2.24) is 5.32 Å². The minimum atomic E-state index is -1.04. The molecule has 4 rings (SSSR count). The molecule has 2 amide bonds. The average Bonchev–Trinajstić information content (AvgIpc) is 2.93. The van der Waals surface area contributed by atoms with Gasteiger partial charge in [0.05, 0.1) is 17.2 Å². The van der Waals surface area contributed by atoms with Crippen molar-refractivity contribution in [3.8, 4) is 29.1 Å². The zero-order valence-electron chi connectivity index (χ0n) is 23.7. The lowest BCUT2D eigenvalue weighted by atomic mass is 9.85. The molecule has 3 N–H and O–H groups in total. The molecule has 1 saturated carbocycles. The van der Waals surface area contributed by atoms with Gasteiger partial charge >= 0.3 is 12.1 Å². The van der Waals surface area contributed by atoms with Crippen LogP contribution in [0.3, 0.4) is 0 Å². The lowest BCUT2D eigenvalue weighted by Crippen LogP contribution is -2.42. The molecule has 0 heterocycles. The molecular formula is C32H33N3O7. The Labute approximate surface area is 244 Å². The number of nitrogens with one attached hydrogen (secondary N) is 2. The number of carboxylic acids is 1. The van der Waals surface area contributed by atoms with Crippen LogP contribution in [0.2, 0.25) is 0 Å². The van der Waals surface area contributed by atoms with Crippen LogP contribution in [0, 0.1) is 17.2 Å². The van der Waals surface area contributed by atoms with Crippen LogP contribution in [-0.4, -0.2) is 34.7 Å². The van der Waals surface area contributed by atoms with Crippen LogP contribution >= 0.6 is 0 Å². The largest absolute Gasteiger partial charge is 0.478 e. The molecule has 1 fully saturated rings. The summed E-state index contributed by atoms with van der Waals surface area (Å²) in [6.45, 7) is 5.43. The zero-order chi connectivity index (χ0) is 30.3. The molecule has 0 unspecified atom stereocenters. The summed E-state index contributed by atoms with van der Waals surface area (Å²) in [5, 5.41) is 24.1. The molecule has 0 aromatic heterocycles. The fourth-order valence-corrected chi connectivity index (χ4v) is 4.52. The Morgan fingerprint density at radius 3 is 1.88 bits per heavy atom. The molecule has 218 valence electrons. The maximum absolute atomic E-state index is 13.2. The van der Waals surface area contributed by atoms with E-state index >= 15 is 0 Å². The van der Waals surface area contributed by atoms with Gasteiger partial charge in [-0.05, 0) is 95.0 Å². The van der Waals surface area contributed by atoms with E-state index in [4.69, 9.17) is 24.6 Å². The number of anilines is 1. The Balaban J connectivity index is 1.46. The molecule has 3 aromatic rings. The molecule has 0 aliphatic heterocycles. The smallest absolute Gasteiger partial charge is 0.407 e. The van der Waals surface area contributed by atoms with Crippen LogP contribution < -0.4 is 20.1 Å². The summed E-state index contributed by atoms with van der Waals surface area (Å²) in [6.07, 6.45) is 2.05. The van der Waals surface area contributed by atoms with Gasteiger partial charge in [-0.25, -0.2) is 9.59 Å². The standard InChI is InChI=1S/C32H33N3O7/c1-32(2,3)42-31(39)35-23-10-6-21(7-11-23)29(36)34-24-16-27(40-25-12-4-20(19-33)5-13-25)18-28(17-24)41-26-14-8-22(9-15-26)30(37)38/h4-5,8-9,12-18,21,23H,6-7,10-11H2,1-3H3,(H,34,36)(H,35,39)(H,37,38). The van der Waals surface area contributed by atoms with Gasteiger partial charge in [-0.15, -0.1) is 0 Å². The van der Waals surface area contributed by atoms with Crippen molar-refractivity contribution >= 4 is 23.7 Å². The highest BCUT2D eigenvalue weighted by Crippen LogP contribution is 2.34. The monoisotopic (exact) mass is 571 g/mol. The number of alkyl carbamates (subject to hydrolysis) is 1. The van der Waals surface area contributed by atoms with E-state index < -0.39 is 17.7 Å². The number of carbonyl (C=O) groups excluding carboxylic acids is 2. The lowest BCUT2D eigenvalue weighted by Gasteiger charge is -2.29. The van der Waals surface area contributed by atoms with Crippen molar-refractivity contribution in [3.63, 3.8) is 0 Å². The van der Waals surface area contributed by atoms with Crippen molar-refractivity contribution in [2.75, 3.05) is 5.32 Å². The summed E-state index contributed by atoms with van der Waals surface area (Å²) in [4.78, 5) is 36.5. The van der Waals surface area contributed by atoms with Gasteiger partial charge in [0.25, 0.3) is 0 Å². The highest BCUT2D eigenvalue weighted by molar-refractivity contribution is 5.93. The van der Waals surface area contributed by atoms with Gasteiger partial charge in [0.1, 0.15) is 28.6 Å². The zero-order valence-corrected chi connectivity index (χ0v) is 23.7. The van der Waals surface area contributed by atoms with Gasteiger partial charge in [-0.1, -0.05) is 0 Å². The van der Waals surface area contributed by atoms with Crippen LogP contribution in [-0.2, 0) is 9.53 Å². The van der Waals surface area contributed by atoms with Crippen LogP contribution in [0.5, 0.6) is 23.0 Å². The number of nitrogens with zero attached hydrogens (tertiary/aromatic N) is 1. The van der Waals surface area contributed by atoms with E-state index in [-0.39, 0.29) is 23.4 Å². The molecule has 0 radical (unpaired) electrons. The predicted molar refractivity (Wildman–Crippen MR) is 155 cm³/mol. The van der Waals surface area contributed by atoms with Crippen molar-refractivity contribution in [1.29, 1.82) is 5.26 Å². The lowest BCUT2D eigenvalue weighted by molar-refractivity contribution is -0.120. The number of nitriles is 1. The SMILES string of the molecule is CC(C)(C)OC(=O)NC1CCC(C(=O)Nc2cc(Oc3ccc(C#N)cc3)cc(Oc3ccc(C(=O)O)cc3)c2)CC1. The highest BCUT2D eigenvalue weighted by atomic mass is 16.6. The van der Waals surface area contributed by atoms with Crippen LogP contribution in [0.1, 0.15) is 62.4 Å². The Bertz CT molecular complexity index is 1460. The quantitative estimate of drug-likeness (QED) is 0.266. The minimum Gasteiger partial charge on any atom is -0.478 e. The Morgan fingerprint density at radius 1 is 0.833 bits per heavy atom. The summed E-state index contributed by atoms with van der Waals surface area (Å²) in [5.41, 5.74) is 0.499. The number of ether oxygens (including phenoxy) is 3. The number of carbonyl (C=O) groups is 3. The van der Waals surface area contributed by atoms with Crippen molar-refractivity contribution in [3.05, 3.63) is 77.9 Å². The van der Waals surface area contributed by atoms with E-state index in [2.05, 4.69) is 16.7 Å². The normalized spacial score (nSPS) is 16.4. The molecule has 42 heavy (non-hydrogen) atoms. The summed E-state index contributed by atoms with van der Waals surface area (Å²) in [5.74, 6) is 0.216. The van der Waals surface area contributed by atoms with E-state index in [9.17, 15) is 14.4 Å². The number of amides is 2. The molecule has 0 spiro atoms. The van der Waals surface area contributed by atoms with Crippen LogP contribution in [0.25, 0.3) is 0 Å². The Kier molecular flexibility index (Phi) is 9.32. The average molecular weight is 572 g/mol. The van der Waals surface area contributed by atoms with E-state index in [0.29, 0.717) is 59.9 Å². The third-order valence-electron chi connectivity index (χ3n) is 6.52. The summed E-state index contributed by atoms with van der Waals surface area (Å²) >= 11 is 0. The van der Waals surface area contributed by atoms with Crippen molar-refractivity contribution in [2.45, 2.75) is 58.1 Å². The van der Waals surface area contributed by atoms with Crippen LogP contribution in [0.15, 0.2) is 66.7 Å². The molecule has 1 aliphatic rings. The second-order valence-electron chi connectivity index (χ2n) is 11.0. The van der Waals surface area contributed by atoms with Gasteiger partial charge in [-0.3, -0.25) is 4.79 Å². The summed E-state index contributed by atoms with van der Waals surface area (Å²) in [6, 6.07) is 19.5. The first-order valence-corrected chi connectivity index (χ1v) is 13.6. The Morgan fingerprint density at radius 2 is 1.38 bits per heavy atom. The van der Waals surface area contributed by atoms with Gasteiger partial charge in [0, 0.05) is 35.8 Å². The van der Waals surface area contributed by atoms with Gasteiger partial charge in [0.15, 0.2) is 0 Å². The van der Waals surface area contributed by atoms with Crippen molar-refractivity contribution < 1.29 is 33.7 Å². The summed E-state index contributed by atoms with van der Waals surface area (Å²) < 4.78 is 17.3. The second-order valence-corrected chi connectivity index (χ2v) is 11.0. The molecular weight excluding hydrogens is 538 g/mol. The number of hydrogen-bond acceptors (Lipinski definition) is 7. The second kappa shape index (κ2) is 13.1. The molecule has 10 nitrogen and oxygen atoms in total. The minimum absolute atomic E-state index is 0.0550. The topological polar surface area (TPSA) is 147 Å². The maximum atomic E-state index is 13.2. The fraction of sp³-hybridized carbons (Fsp3) is 0.312. The first-order chi connectivity index (χ1) is 20.0. The van der Waals surface area contributed by atoms with Gasteiger partial charge in [-0.2, -0.15) is 5.26 Å². The molecule has 0 saturated heterocycles. The van der Waals surface area contributed by atoms with Crippen molar-refractivity contribution in [2.24, 2.45) is 5.92 Å². The summed E-state index contributed by atoms with van der Waals surface area (Å²) in [7, 11) is 0. The third kappa shape index (κ3) is 8.73. The van der Waals surface area contributed by atoms with Crippen LogP contribution in [0.4, 0.5) is 10.5 Å². The number of benzene rings is 3. The van der Waals surface area contributed by atoms with E-state index in [1.165, 1.54) is 12.1 Å². The van der Waals surface area contributed by atoms with Gasteiger partial charge < -0.3 is 30.0 Å². The van der Waals surface area contributed by atoms with E-state index in [1.54, 1.807) is 54.6 Å². The first-order valence-electron chi connectivity index (χ1n) is 13.6. The maximum Gasteiger partial charge on any atom is 0.407 e. The van der Waals surface area contributed by atoms with E-state index in [0.717, 1.165) is 0 Å². The first kappa shape index (κ1) is 29.9. The molecule has 10 heteroatoms. The third-order valence-corrected chi connectivity index (χ3v) is 6.52. The number of rotatable bonds is 8. The van der Waals surface area contributed by atoms with Gasteiger partial charge in [0.2, 0.25) is 5.91 Å². The Hall–Kier alpha value is -5.04.